The van der Waals surface area contributed by atoms with Crippen LogP contribution in [0.3, 0.4) is 0 Å². The molecule has 0 radical (unpaired) electrons. The molecule has 4 aromatic carbocycles. The average molecular weight is 539 g/mol. The number of ether oxygens (including phenoxy) is 2. The highest BCUT2D eigenvalue weighted by Gasteiger charge is 2.13. The van der Waals surface area contributed by atoms with Crippen molar-refractivity contribution in [3.8, 4) is 17.6 Å². The van der Waals surface area contributed by atoms with Gasteiger partial charge in [-0.1, -0.05) is 71.7 Å². The van der Waals surface area contributed by atoms with E-state index in [1.54, 1.807) is 31.4 Å². The summed E-state index contributed by atoms with van der Waals surface area (Å²) in [5.41, 5.74) is 2.99. The van der Waals surface area contributed by atoms with Gasteiger partial charge in [0.15, 0.2) is 11.5 Å². The molecule has 3 nitrogen and oxygen atoms in total. The molecule has 0 fully saturated rings. The first-order valence-corrected chi connectivity index (χ1v) is 11.6. The summed E-state index contributed by atoms with van der Waals surface area (Å²) in [6.07, 6.45) is 1.77. The van der Waals surface area contributed by atoms with Gasteiger partial charge in [0.05, 0.1) is 33.3 Å². The SMILES string of the molecule is COc1cc(/C=C(/C#N)c2ccc(Cl)c(Cl)c2)cc(Br)c1OCc1cccc2ccccc12. The molecule has 0 unspecified atom stereocenters. The maximum absolute atomic E-state index is 9.69. The predicted molar refractivity (Wildman–Crippen MR) is 139 cm³/mol. The first-order valence-electron chi connectivity index (χ1n) is 10.0. The Bertz CT molecular complexity index is 1400. The van der Waals surface area contributed by atoms with Crippen molar-refractivity contribution in [2.75, 3.05) is 7.11 Å². The number of benzene rings is 4. The van der Waals surface area contributed by atoms with E-state index in [2.05, 4.69) is 46.3 Å². The summed E-state index contributed by atoms with van der Waals surface area (Å²) >= 11 is 15.7. The topological polar surface area (TPSA) is 42.2 Å². The molecule has 0 aliphatic rings. The van der Waals surface area contributed by atoms with E-state index in [-0.39, 0.29) is 0 Å². The van der Waals surface area contributed by atoms with Gasteiger partial charge in [-0.15, -0.1) is 0 Å². The van der Waals surface area contributed by atoms with E-state index in [9.17, 15) is 5.26 Å². The molecule has 0 aliphatic heterocycles. The Hall–Kier alpha value is -2.97. The van der Waals surface area contributed by atoms with Crippen molar-refractivity contribution in [2.45, 2.75) is 6.61 Å². The average Bonchev–Trinajstić information content (AvgIpc) is 2.83. The zero-order valence-corrected chi connectivity index (χ0v) is 20.7. The van der Waals surface area contributed by atoms with E-state index >= 15 is 0 Å². The van der Waals surface area contributed by atoms with Gasteiger partial charge in [-0.25, -0.2) is 0 Å². The number of fused-ring (bicyclic) bond motifs is 1. The van der Waals surface area contributed by atoms with Crippen LogP contribution in [0.1, 0.15) is 16.7 Å². The minimum atomic E-state index is 0.387. The van der Waals surface area contributed by atoms with E-state index < -0.39 is 0 Å². The highest BCUT2D eigenvalue weighted by Crippen LogP contribution is 2.38. The molecule has 0 aromatic heterocycles. The van der Waals surface area contributed by atoms with E-state index in [1.807, 2.05) is 30.3 Å². The Morgan fingerprint density at radius 2 is 1.79 bits per heavy atom. The zero-order chi connectivity index (χ0) is 23.4. The number of methoxy groups -OCH3 is 1. The van der Waals surface area contributed by atoms with Gasteiger partial charge in [0.1, 0.15) is 6.61 Å². The molecule has 33 heavy (non-hydrogen) atoms. The van der Waals surface area contributed by atoms with Crippen LogP contribution in [-0.2, 0) is 6.61 Å². The summed E-state index contributed by atoms with van der Waals surface area (Å²) in [6, 6.07) is 25.4. The van der Waals surface area contributed by atoms with Crippen LogP contribution in [0.5, 0.6) is 11.5 Å². The summed E-state index contributed by atoms with van der Waals surface area (Å²) in [6.45, 7) is 0.387. The van der Waals surface area contributed by atoms with Gasteiger partial charge in [0.2, 0.25) is 0 Å². The lowest BCUT2D eigenvalue weighted by Gasteiger charge is -2.15. The minimum absolute atomic E-state index is 0.387. The van der Waals surface area contributed by atoms with Crippen LogP contribution in [-0.4, -0.2) is 7.11 Å². The van der Waals surface area contributed by atoms with Crippen LogP contribution >= 0.6 is 39.1 Å². The van der Waals surface area contributed by atoms with Crippen molar-refractivity contribution in [1.29, 1.82) is 5.26 Å². The van der Waals surface area contributed by atoms with Crippen molar-refractivity contribution in [3.63, 3.8) is 0 Å². The van der Waals surface area contributed by atoms with Crippen LogP contribution in [0, 0.1) is 11.3 Å². The van der Waals surface area contributed by atoms with Crippen molar-refractivity contribution >= 4 is 61.6 Å². The Balaban J connectivity index is 1.64. The fourth-order valence-electron chi connectivity index (χ4n) is 3.54. The number of rotatable bonds is 6. The van der Waals surface area contributed by atoms with Crippen molar-refractivity contribution in [2.24, 2.45) is 0 Å². The zero-order valence-electron chi connectivity index (χ0n) is 17.6. The van der Waals surface area contributed by atoms with E-state index in [4.69, 9.17) is 32.7 Å². The van der Waals surface area contributed by atoms with Gasteiger partial charge in [-0.05, 0) is 73.7 Å². The molecule has 0 saturated heterocycles. The van der Waals surface area contributed by atoms with Gasteiger partial charge in [0.25, 0.3) is 0 Å². The lowest BCUT2D eigenvalue weighted by Crippen LogP contribution is -2.00. The van der Waals surface area contributed by atoms with Crippen LogP contribution in [0.25, 0.3) is 22.4 Å². The van der Waals surface area contributed by atoms with Gasteiger partial charge < -0.3 is 9.47 Å². The molecule has 0 N–H and O–H groups in total. The molecule has 4 aromatic rings. The summed E-state index contributed by atoms with van der Waals surface area (Å²) in [4.78, 5) is 0. The van der Waals surface area contributed by atoms with Crippen LogP contribution in [0.15, 0.2) is 77.3 Å². The quantitative estimate of drug-likeness (QED) is 0.182. The van der Waals surface area contributed by atoms with E-state index in [0.717, 1.165) is 26.4 Å². The first-order chi connectivity index (χ1) is 16.0. The molecule has 0 spiro atoms. The third-order valence-electron chi connectivity index (χ3n) is 5.17. The monoisotopic (exact) mass is 537 g/mol. The third-order valence-corrected chi connectivity index (χ3v) is 6.49. The van der Waals surface area contributed by atoms with E-state index in [0.29, 0.717) is 39.3 Å². The second kappa shape index (κ2) is 10.3. The minimum Gasteiger partial charge on any atom is -0.493 e. The Kier molecular flexibility index (Phi) is 7.25. The number of allylic oxidation sites excluding steroid dienone is 1. The van der Waals surface area contributed by atoms with Gasteiger partial charge in [-0.2, -0.15) is 5.26 Å². The van der Waals surface area contributed by atoms with Crippen molar-refractivity contribution < 1.29 is 9.47 Å². The van der Waals surface area contributed by atoms with Gasteiger partial charge >= 0.3 is 0 Å². The highest BCUT2D eigenvalue weighted by molar-refractivity contribution is 9.10. The summed E-state index contributed by atoms with van der Waals surface area (Å²) in [7, 11) is 1.59. The first kappa shape index (κ1) is 23.2. The number of hydrogen-bond donors (Lipinski definition) is 0. The van der Waals surface area contributed by atoms with Crippen LogP contribution in [0.2, 0.25) is 10.0 Å². The standard InChI is InChI=1S/C27H18BrCl2NO2/c1-32-26-13-17(11-21(15-31)19-9-10-24(29)25(30)14-19)12-23(28)27(26)33-16-20-7-4-6-18-5-2-3-8-22(18)20/h2-14H,16H2,1H3/b21-11-. The lowest BCUT2D eigenvalue weighted by molar-refractivity contribution is 0.283. The highest BCUT2D eigenvalue weighted by atomic mass is 79.9. The van der Waals surface area contributed by atoms with Crippen LogP contribution in [0.4, 0.5) is 0 Å². The molecular formula is C27H18BrCl2NO2. The molecule has 6 heteroatoms. The molecule has 0 atom stereocenters. The van der Waals surface area contributed by atoms with E-state index in [1.165, 1.54) is 0 Å². The smallest absolute Gasteiger partial charge is 0.175 e. The summed E-state index contributed by atoms with van der Waals surface area (Å²) in [5, 5.41) is 12.8. The summed E-state index contributed by atoms with van der Waals surface area (Å²) < 4.78 is 12.5. The number of nitrogens with zero attached hydrogens (tertiary/aromatic N) is 1. The molecule has 0 bridgehead atoms. The van der Waals surface area contributed by atoms with Crippen LogP contribution < -0.4 is 9.47 Å². The predicted octanol–water partition coefficient (Wildman–Crippen LogP) is 8.56. The molecule has 0 saturated carbocycles. The Morgan fingerprint density at radius 3 is 2.55 bits per heavy atom. The largest absolute Gasteiger partial charge is 0.493 e. The third kappa shape index (κ3) is 5.17. The van der Waals surface area contributed by atoms with Crippen molar-refractivity contribution in [1.82, 2.24) is 0 Å². The summed E-state index contributed by atoms with van der Waals surface area (Å²) in [5.74, 6) is 1.15. The Labute approximate surface area is 210 Å². The molecule has 0 amide bonds. The number of halogens is 3. The molecule has 0 heterocycles. The maximum atomic E-state index is 9.69. The van der Waals surface area contributed by atoms with Gasteiger partial charge in [0, 0.05) is 0 Å². The molecule has 0 aliphatic carbocycles. The normalized spacial score (nSPS) is 11.3. The second-order valence-electron chi connectivity index (χ2n) is 7.26. The van der Waals surface area contributed by atoms with Gasteiger partial charge in [-0.3, -0.25) is 0 Å². The number of hydrogen-bond acceptors (Lipinski definition) is 3. The maximum Gasteiger partial charge on any atom is 0.175 e. The van der Waals surface area contributed by atoms with Crippen molar-refractivity contribution in [3.05, 3.63) is 104 Å². The number of nitriles is 1. The molecule has 4 rings (SSSR count). The molecule has 164 valence electrons. The fourth-order valence-corrected chi connectivity index (χ4v) is 4.41. The fraction of sp³-hybridized carbons (Fsp3) is 0.0741. The molecular weight excluding hydrogens is 521 g/mol. The second-order valence-corrected chi connectivity index (χ2v) is 8.93. The lowest BCUT2D eigenvalue weighted by atomic mass is 10.0. The Morgan fingerprint density at radius 1 is 1.00 bits per heavy atom.